The number of alkyl halides is 3. The first-order valence-electron chi connectivity index (χ1n) is 8.35. The lowest BCUT2D eigenvalue weighted by atomic mass is 10.2. The number of halogens is 3. The molecule has 0 unspecified atom stereocenters. The van der Waals surface area contributed by atoms with E-state index in [1.165, 1.54) is 17.4 Å². The molecule has 3 aromatic heterocycles. The Morgan fingerprint density at radius 2 is 2.04 bits per heavy atom. The van der Waals surface area contributed by atoms with Gasteiger partial charge in [-0.1, -0.05) is 25.2 Å². The summed E-state index contributed by atoms with van der Waals surface area (Å²) in [5.41, 5.74) is -0.724. The van der Waals surface area contributed by atoms with E-state index in [1.54, 1.807) is 0 Å². The second kappa shape index (κ2) is 6.25. The molecule has 142 valence electrons. The molecule has 0 aromatic carbocycles. The number of carbonyl (C=O) groups is 1. The van der Waals surface area contributed by atoms with E-state index in [1.807, 2.05) is 13.8 Å². The molecule has 1 saturated carbocycles. The molecular formula is C16H15F3N6OS. The summed E-state index contributed by atoms with van der Waals surface area (Å²) in [6.07, 6.45) is -2.97. The number of hydrogen-bond donors (Lipinski definition) is 1. The van der Waals surface area contributed by atoms with Crippen LogP contribution in [-0.4, -0.2) is 30.7 Å². The predicted octanol–water partition coefficient (Wildman–Crippen LogP) is 3.85. The average Bonchev–Trinajstić information content (AvgIpc) is 3.17. The summed E-state index contributed by atoms with van der Waals surface area (Å²) in [4.78, 5) is 16.6. The number of carbonyl (C=O) groups excluding carboxylic acids is 1. The second-order valence-corrected chi connectivity index (χ2v) is 7.70. The topological polar surface area (TPSA) is 85.1 Å². The maximum absolute atomic E-state index is 13.4. The fraction of sp³-hybridized carbons (Fsp3) is 0.438. The Morgan fingerprint density at radius 3 is 2.63 bits per heavy atom. The van der Waals surface area contributed by atoms with E-state index in [0.29, 0.717) is 10.2 Å². The van der Waals surface area contributed by atoms with Gasteiger partial charge in [-0.25, -0.2) is 9.50 Å². The molecule has 1 amide bonds. The van der Waals surface area contributed by atoms with Gasteiger partial charge in [-0.3, -0.25) is 10.1 Å². The lowest BCUT2D eigenvalue weighted by Gasteiger charge is -2.10. The van der Waals surface area contributed by atoms with Crippen molar-refractivity contribution in [2.24, 2.45) is 0 Å². The highest BCUT2D eigenvalue weighted by Crippen LogP contribution is 2.41. The smallest absolute Gasteiger partial charge is 0.295 e. The Labute approximate surface area is 155 Å². The van der Waals surface area contributed by atoms with E-state index in [9.17, 15) is 18.0 Å². The number of hydrogen-bond acceptors (Lipinski definition) is 6. The lowest BCUT2D eigenvalue weighted by molar-refractivity contribution is -0.142. The normalized spacial score (nSPS) is 14.9. The molecule has 3 heterocycles. The molecule has 3 aromatic rings. The van der Waals surface area contributed by atoms with Crippen LogP contribution in [0.5, 0.6) is 0 Å². The van der Waals surface area contributed by atoms with Crippen LogP contribution in [0.1, 0.15) is 65.4 Å². The summed E-state index contributed by atoms with van der Waals surface area (Å²) in [5.74, 6) is -0.463. The molecule has 1 fully saturated rings. The van der Waals surface area contributed by atoms with Crippen molar-refractivity contribution in [1.82, 2.24) is 24.8 Å². The third-order valence-corrected chi connectivity index (χ3v) is 5.26. The van der Waals surface area contributed by atoms with Gasteiger partial charge in [-0.05, 0) is 18.9 Å². The van der Waals surface area contributed by atoms with Crippen LogP contribution < -0.4 is 5.32 Å². The van der Waals surface area contributed by atoms with Gasteiger partial charge in [-0.2, -0.15) is 18.3 Å². The molecule has 0 saturated heterocycles. The van der Waals surface area contributed by atoms with Crippen LogP contribution in [0.4, 0.5) is 18.3 Å². The largest absolute Gasteiger partial charge is 0.433 e. The standard InChI is InChI=1S/C16H15F3N6OS/c1-7(2)14-22-23-15(27-14)21-13(26)10-6-12-20-9(8-3-4-8)5-11(16(17,18)19)25(12)24-10/h5-8H,3-4H2,1-2H3,(H,21,23,26). The van der Waals surface area contributed by atoms with Gasteiger partial charge in [0.1, 0.15) is 10.7 Å². The van der Waals surface area contributed by atoms with Crippen molar-refractivity contribution >= 4 is 28.0 Å². The molecular weight excluding hydrogens is 381 g/mol. The monoisotopic (exact) mass is 396 g/mol. The highest BCUT2D eigenvalue weighted by atomic mass is 32.1. The average molecular weight is 396 g/mol. The van der Waals surface area contributed by atoms with Crippen LogP contribution in [0.3, 0.4) is 0 Å². The third-order valence-electron chi connectivity index (χ3n) is 4.12. The van der Waals surface area contributed by atoms with E-state index < -0.39 is 17.8 Å². The minimum absolute atomic E-state index is 0.00277. The van der Waals surface area contributed by atoms with Crippen molar-refractivity contribution in [3.63, 3.8) is 0 Å². The Bertz CT molecular complexity index is 1020. The molecule has 1 aliphatic rings. The molecule has 11 heteroatoms. The molecule has 0 spiro atoms. The predicted molar refractivity (Wildman–Crippen MR) is 91.9 cm³/mol. The molecule has 0 radical (unpaired) electrons. The lowest BCUT2D eigenvalue weighted by Crippen LogP contribution is -2.16. The van der Waals surface area contributed by atoms with Gasteiger partial charge in [0.25, 0.3) is 5.91 Å². The molecule has 1 aliphatic carbocycles. The first-order chi connectivity index (χ1) is 12.7. The third kappa shape index (κ3) is 3.51. The van der Waals surface area contributed by atoms with Crippen LogP contribution in [-0.2, 0) is 6.18 Å². The zero-order chi connectivity index (χ0) is 19.3. The summed E-state index contributed by atoms with van der Waals surface area (Å²) in [7, 11) is 0. The highest BCUT2D eigenvalue weighted by Gasteiger charge is 2.37. The Balaban J connectivity index is 1.68. The molecule has 4 rings (SSSR count). The molecule has 1 N–H and O–H groups in total. The van der Waals surface area contributed by atoms with Gasteiger partial charge < -0.3 is 0 Å². The zero-order valence-electron chi connectivity index (χ0n) is 14.4. The number of amides is 1. The minimum atomic E-state index is -4.60. The molecule has 0 atom stereocenters. The SMILES string of the molecule is CC(C)c1nnc(NC(=O)c2cc3nc(C4CC4)cc(C(F)(F)F)n3n2)s1. The Morgan fingerprint density at radius 1 is 1.30 bits per heavy atom. The van der Waals surface area contributed by atoms with Crippen LogP contribution in [0.2, 0.25) is 0 Å². The van der Waals surface area contributed by atoms with Gasteiger partial charge in [0.15, 0.2) is 11.3 Å². The zero-order valence-corrected chi connectivity index (χ0v) is 15.2. The number of fused-ring (bicyclic) bond motifs is 1. The first-order valence-corrected chi connectivity index (χ1v) is 9.16. The van der Waals surface area contributed by atoms with Gasteiger partial charge in [0.05, 0.1) is 0 Å². The Hall–Kier alpha value is -2.56. The van der Waals surface area contributed by atoms with E-state index in [-0.39, 0.29) is 28.3 Å². The number of aromatic nitrogens is 5. The molecule has 0 aliphatic heterocycles. The molecule has 27 heavy (non-hydrogen) atoms. The van der Waals surface area contributed by atoms with Crippen molar-refractivity contribution in [3.05, 3.63) is 34.2 Å². The maximum Gasteiger partial charge on any atom is 0.433 e. The number of anilines is 1. The van der Waals surface area contributed by atoms with Crippen molar-refractivity contribution in [2.45, 2.75) is 44.7 Å². The van der Waals surface area contributed by atoms with Crippen molar-refractivity contribution < 1.29 is 18.0 Å². The van der Waals surface area contributed by atoms with Gasteiger partial charge in [0, 0.05) is 23.6 Å². The maximum atomic E-state index is 13.4. The van der Waals surface area contributed by atoms with E-state index in [4.69, 9.17) is 0 Å². The van der Waals surface area contributed by atoms with Crippen molar-refractivity contribution in [1.29, 1.82) is 0 Å². The van der Waals surface area contributed by atoms with Crippen LogP contribution in [0.15, 0.2) is 12.1 Å². The van der Waals surface area contributed by atoms with Crippen LogP contribution >= 0.6 is 11.3 Å². The number of rotatable bonds is 4. The van der Waals surface area contributed by atoms with Crippen LogP contribution in [0, 0.1) is 0 Å². The number of nitrogens with zero attached hydrogens (tertiary/aromatic N) is 5. The van der Waals surface area contributed by atoms with Gasteiger partial charge >= 0.3 is 6.18 Å². The first kappa shape index (κ1) is 17.8. The summed E-state index contributed by atoms with van der Waals surface area (Å²) in [6.45, 7) is 3.88. The quantitative estimate of drug-likeness (QED) is 0.724. The summed E-state index contributed by atoms with van der Waals surface area (Å²) in [5, 5.41) is 15.2. The van der Waals surface area contributed by atoms with Crippen LogP contribution in [0.25, 0.3) is 5.65 Å². The van der Waals surface area contributed by atoms with Crippen molar-refractivity contribution in [3.8, 4) is 0 Å². The van der Waals surface area contributed by atoms with Gasteiger partial charge in [-0.15, -0.1) is 10.2 Å². The summed E-state index contributed by atoms with van der Waals surface area (Å²) >= 11 is 1.21. The fourth-order valence-electron chi connectivity index (χ4n) is 2.57. The second-order valence-electron chi connectivity index (χ2n) is 6.69. The minimum Gasteiger partial charge on any atom is -0.295 e. The summed E-state index contributed by atoms with van der Waals surface area (Å²) in [6, 6.07) is 2.26. The summed E-state index contributed by atoms with van der Waals surface area (Å²) < 4.78 is 40.9. The van der Waals surface area contributed by atoms with Crippen molar-refractivity contribution in [2.75, 3.05) is 5.32 Å². The highest BCUT2D eigenvalue weighted by molar-refractivity contribution is 7.15. The Kier molecular flexibility index (Phi) is 4.13. The van der Waals surface area contributed by atoms with Gasteiger partial charge in [0.2, 0.25) is 5.13 Å². The fourth-order valence-corrected chi connectivity index (χ4v) is 3.32. The molecule has 0 bridgehead atoms. The van der Waals surface area contributed by atoms with E-state index >= 15 is 0 Å². The molecule has 7 nitrogen and oxygen atoms in total. The number of nitrogens with one attached hydrogen (secondary N) is 1. The van der Waals surface area contributed by atoms with E-state index in [2.05, 4.69) is 25.6 Å². The van der Waals surface area contributed by atoms with E-state index in [0.717, 1.165) is 23.9 Å².